The molecule has 0 unspecified atom stereocenters. The van der Waals surface area contributed by atoms with E-state index in [0.29, 0.717) is 0 Å². The second-order valence-corrected chi connectivity index (χ2v) is 11.6. The van der Waals surface area contributed by atoms with Gasteiger partial charge >= 0.3 is 0 Å². The Hall–Kier alpha value is -5.28. The van der Waals surface area contributed by atoms with Crippen LogP contribution in [0.1, 0.15) is 19.8 Å². The molecule has 5 aromatic carbocycles. The first-order valence-corrected chi connectivity index (χ1v) is 15.2. The van der Waals surface area contributed by atoms with Crippen molar-refractivity contribution >= 4 is 33.7 Å². The van der Waals surface area contributed by atoms with E-state index in [9.17, 15) is 52.7 Å². The molecule has 0 atom stereocenters. The van der Waals surface area contributed by atoms with E-state index in [2.05, 4.69) is 42.6 Å². The molecule has 0 heterocycles. The third kappa shape index (κ3) is 6.80. The molecular weight excluding hydrogens is 813 g/mol. The Bertz CT molecular complexity index is 1950. The van der Waals surface area contributed by atoms with Crippen molar-refractivity contribution in [3.05, 3.63) is 147 Å². The molecule has 0 aliphatic heterocycles. The van der Waals surface area contributed by atoms with Gasteiger partial charge in [0, 0.05) is 0 Å². The predicted molar refractivity (Wildman–Crippen MR) is 157 cm³/mol. The molecule has 300 valence electrons. The van der Waals surface area contributed by atoms with Gasteiger partial charge in [0.25, 0.3) is 0 Å². The van der Waals surface area contributed by atoms with Gasteiger partial charge in [-0.2, -0.15) is 0 Å². The third-order valence-corrected chi connectivity index (χ3v) is 8.44. The lowest BCUT2D eigenvalue weighted by atomic mass is 9.12. The first-order chi connectivity index (χ1) is 26.1. The number of hydrogen-bond donors (Lipinski definition) is 1. The molecule has 0 saturated carbocycles. The molecule has 0 fully saturated rings. The standard InChI is InChI=1S/C24BF20.C10H15N/c26-5-1(6(27)14(35)21(42)13(5)34)25(2-7(28)15(36)22(43)16(37)8(2)29,3-9(30)17(38)23(44)18(39)10(3)31)4-11(32)19(40)24(45)20(41)12(4)33;1-2-3-9-11-10-7-5-4-6-8-10/h;4-8,11H,2-3,9H2,1H3/q-1;/p+1. The number of rotatable bonds is 8. The van der Waals surface area contributed by atoms with Gasteiger partial charge in [-0.05, 0) is 18.6 Å². The summed E-state index contributed by atoms with van der Waals surface area (Å²) in [5.41, 5.74) is -13.0. The zero-order valence-corrected chi connectivity index (χ0v) is 27.2. The van der Waals surface area contributed by atoms with E-state index >= 15 is 35.1 Å². The smallest absolute Gasteiger partial charge is 0.200 e. The quantitative estimate of drug-likeness (QED) is 0.0417. The van der Waals surface area contributed by atoms with Crippen LogP contribution >= 0.6 is 0 Å². The Morgan fingerprint density at radius 1 is 0.339 bits per heavy atom. The highest BCUT2D eigenvalue weighted by atomic mass is 19.2. The second kappa shape index (κ2) is 16.4. The number of quaternary nitrogens is 1. The molecule has 5 rings (SSSR count). The lowest BCUT2D eigenvalue weighted by molar-refractivity contribution is -0.571. The van der Waals surface area contributed by atoms with Crippen LogP contribution in [-0.2, 0) is 0 Å². The molecular formula is C34H16BF20N. The van der Waals surface area contributed by atoms with Crippen molar-refractivity contribution in [1.29, 1.82) is 0 Å². The van der Waals surface area contributed by atoms with Crippen molar-refractivity contribution < 1.29 is 93.1 Å². The Morgan fingerprint density at radius 3 is 0.768 bits per heavy atom. The summed E-state index contributed by atoms with van der Waals surface area (Å²) in [6.45, 7) is 3.43. The first-order valence-electron chi connectivity index (χ1n) is 15.2. The van der Waals surface area contributed by atoms with Gasteiger partial charge < -0.3 is 5.32 Å². The van der Waals surface area contributed by atoms with Crippen LogP contribution in [0.3, 0.4) is 0 Å². The maximum absolute atomic E-state index is 15.4. The van der Waals surface area contributed by atoms with Crippen molar-refractivity contribution in [1.82, 2.24) is 0 Å². The first kappa shape index (κ1) is 43.5. The van der Waals surface area contributed by atoms with Crippen LogP contribution in [0.4, 0.5) is 93.5 Å². The monoisotopic (exact) mass is 829 g/mol. The molecule has 56 heavy (non-hydrogen) atoms. The minimum atomic E-state index is -7.22. The summed E-state index contributed by atoms with van der Waals surface area (Å²) in [4.78, 5) is 0. The van der Waals surface area contributed by atoms with Crippen LogP contribution in [-0.4, -0.2) is 12.7 Å². The lowest BCUT2D eigenvalue weighted by Gasteiger charge is -2.44. The predicted octanol–water partition coefficient (Wildman–Crippen LogP) is 7.53. The molecule has 0 aromatic heterocycles. The molecule has 0 bridgehead atoms. The van der Waals surface area contributed by atoms with Gasteiger partial charge in [-0.15, -0.1) is 21.9 Å². The summed E-state index contributed by atoms with van der Waals surface area (Å²) in [7, 11) is 0. The van der Waals surface area contributed by atoms with Gasteiger partial charge in [0.05, 0.1) is 6.54 Å². The Morgan fingerprint density at radius 2 is 0.554 bits per heavy atom. The van der Waals surface area contributed by atoms with Gasteiger partial charge in [-0.1, -0.05) is 31.5 Å². The zero-order valence-electron chi connectivity index (χ0n) is 27.2. The van der Waals surface area contributed by atoms with Crippen LogP contribution in [0.2, 0.25) is 0 Å². The van der Waals surface area contributed by atoms with Crippen molar-refractivity contribution in [3.63, 3.8) is 0 Å². The van der Waals surface area contributed by atoms with E-state index in [1.54, 1.807) is 0 Å². The fourth-order valence-corrected chi connectivity index (χ4v) is 5.94. The van der Waals surface area contributed by atoms with E-state index < -0.39 is 144 Å². The zero-order chi connectivity index (χ0) is 42.3. The number of benzene rings is 5. The van der Waals surface area contributed by atoms with Gasteiger partial charge in [0.2, 0.25) is 0 Å². The van der Waals surface area contributed by atoms with Crippen molar-refractivity contribution in [3.8, 4) is 0 Å². The molecule has 0 radical (unpaired) electrons. The van der Waals surface area contributed by atoms with Gasteiger partial charge in [-0.25, -0.2) is 87.8 Å². The highest BCUT2D eigenvalue weighted by Crippen LogP contribution is 2.30. The van der Waals surface area contributed by atoms with Gasteiger partial charge in [-0.3, -0.25) is 0 Å². The minimum Gasteiger partial charge on any atom is -0.314 e. The highest BCUT2D eigenvalue weighted by molar-refractivity contribution is 7.20. The summed E-state index contributed by atoms with van der Waals surface area (Å²) in [5.74, 6) is -71.4. The molecule has 22 heteroatoms. The molecule has 0 aliphatic rings. The van der Waals surface area contributed by atoms with Crippen LogP contribution in [0.25, 0.3) is 0 Å². The van der Waals surface area contributed by atoms with E-state index in [4.69, 9.17) is 0 Å². The van der Waals surface area contributed by atoms with Gasteiger partial charge in [0.1, 0.15) is 58.4 Å². The SMILES string of the molecule is CCCC[NH2+]c1ccccc1.Fc1c(F)c(F)c([B-](c2c(F)c(F)c(F)c(F)c2F)(c2c(F)c(F)c(F)c(F)c2F)c2c(F)c(F)c(F)c(F)c2F)c(F)c1F. The number of halogens is 20. The van der Waals surface area contributed by atoms with Gasteiger partial charge in [0.15, 0.2) is 69.8 Å². The van der Waals surface area contributed by atoms with E-state index in [1.807, 2.05) is 0 Å². The maximum Gasteiger partial charge on any atom is 0.200 e. The average Bonchev–Trinajstić information content (AvgIpc) is 3.18. The van der Waals surface area contributed by atoms with Crippen LogP contribution in [0.15, 0.2) is 30.3 Å². The number of para-hydroxylation sites is 1. The van der Waals surface area contributed by atoms with Crippen LogP contribution in [0, 0.1) is 116 Å². The molecule has 0 saturated heterocycles. The average molecular weight is 829 g/mol. The number of unbranched alkanes of at least 4 members (excludes halogenated alkanes) is 1. The maximum atomic E-state index is 15.4. The fourth-order valence-electron chi connectivity index (χ4n) is 5.94. The normalized spacial score (nSPS) is 11.6. The molecule has 0 aliphatic carbocycles. The molecule has 1 nitrogen and oxygen atoms in total. The van der Waals surface area contributed by atoms with Crippen molar-refractivity contribution in [2.24, 2.45) is 0 Å². The largest absolute Gasteiger partial charge is 0.314 e. The summed E-state index contributed by atoms with van der Waals surface area (Å²) in [6.07, 6.45) is -4.64. The second-order valence-electron chi connectivity index (χ2n) is 11.6. The van der Waals surface area contributed by atoms with Crippen molar-refractivity contribution in [2.45, 2.75) is 19.8 Å². The highest BCUT2D eigenvalue weighted by Gasteiger charge is 2.52. The van der Waals surface area contributed by atoms with E-state index in [-0.39, 0.29) is 0 Å². The van der Waals surface area contributed by atoms with Crippen LogP contribution in [0.5, 0.6) is 0 Å². The Balaban J connectivity index is 0.000000544. The summed E-state index contributed by atoms with van der Waals surface area (Å²) < 4.78 is 294. The summed E-state index contributed by atoms with van der Waals surface area (Å²) in [6, 6.07) is 10.5. The minimum absolute atomic E-state index is 1.21. The van der Waals surface area contributed by atoms with E-state index in [0.717, 1.165) is 0 Å². The summed E-state index contributed by atoms with van der Waals surface area (Å²) >= 11 is 0. The third-order valence-electron chi connectivity index (χ3n) is 8.44. The lowest BCUT2D eigenvalue weighted by Crippen LogP contribution is -2.81. The molecule has 2 N–H and O–H groups in total. The number of nitrogens with two attached hydrogens (primary N) is 1. The Labute approximate surface area is 300 Å². The molecule has 0 amide bonds. The van der Waals surface area contributed by atoms with Crippen molar-refractivity contribution in [2.75, 3.05) is 6.54 Å². The fraction of sp³-hybridized carbons (Fsp3) is 0.118. The topological polar surface area (TPSA) is 16.6 Å². The summed E-state index contributed by atoms with van der Waals surface area (Å²) in [5, 5.41) is 2.30. The Kier molecular flexibility index (Phi) is 12.8. The molecule has 0 spiro atoms. The number of hydrogen-bond acceptors (Lipinski definition) is 0. The van der Waals surface area contributed by atoms with E-state index in [1.165, 1.54) is 25.1 Å². The molecule has 5 aromatic rings. The van der Waals surface area contributed by atoms with Crippen LogP contribution < -0.4 is 27.2 Å².